The van der Waals surface area contributed by atoms with Crippen LogP contribution in [-0.4, -0.2) is 39.7 Å². The fourth-order valence-electron chi connectivity index (χ4n) is 2.68. The van der Waals surface area contributed by atoms with Crippen molar-refractivity contribution in [2.24, 2.45) is 5.41 Å². The summed E-state index contributed by atoms with van der Waals surface area (Å²) in [6.45, 7) is 5.34. The van der Waals surface area contributed by atoms with E-state index < -0.39 is 33.6 Å². The maximum Gasteiger partial charge on any atom is 0.323 e. The van der Waals surface area contributed by atoms with E-state index in [2.05, 4.69) is 0 Å². The third-order valence-corrected chi connectivity index (χ3v) is 5.43. The summed E-state index contributed by atoms with van der Waals surface area (Å²) in [5.41, 5.74) is -0.564. The molecule has 0 heterocycles. The molecule has 0 amide bonds. The van der Waals surface area contributed by atoms with Gasteiger partial charge in [0.2, 0.25) is 0 Å². The topological polar surface area (TPSA) is 96.0 Å². The number of carbonyl (C=O) groups excluding carboxylic acids is 2. The van der Waals surface area contributed by atoms with Crippen LogP contribution in [0.25, 0.3) is 0 Å². The highest BCUT2D eigenvalue weighted by Crippen LogP contribution is 2.46. The van der Waals surface area contributed by atoms with Crippen molar-refractivity contribution in [3.8, 4) is 0 Å². The SMILES string of the molecule is CCOC(=O)C1(C(=O)OCC)CC(OS(=O)(=O)c2ccc(C)cc2)C1. The molecule has 2 rings (SSSR count). The van der Waals surface area contributed by atoms with Gasteiger partial charge in [0.1, 0.15) is 0 Å². The number of carbonyl (C=O) groups is 2. The average Bonchev–Trinajstić information content (AvgIpc) is 2.51. The molecule has 7 nitrogen and oxygen atoms in total. The summed E-state index contributed by atoms with van der Waals surface area (Å²) in [5, 5.41) is 0. The van der Waals surface area contributed by atoms with Gasteiger partial charge in [-0.3, -0.25) is 13.8 Å². The van der Waals surface area contributed by atoms with Crippen LogP contribution in [0.1, 0.15) is 32.3 Å². The van der Waals surface area contributed by atoms with E-state index in [1.807, 2.05) is 6.92 Å². The zero-order valence-corrected chi connectivity index (χ0v) is 15.3. The van der Waals surface area contributed by atoms with E-state index in [-0.39, 0.29) is 31.0 Å². The zero-order chi connectivity index (χ0) is 18.7. The minimum atomic E-state index is -3.97. The van der Waals surface area contributed by atoms with E-state index in [0.717, 1.165) is 5.56 Å². The molecule has 0 aromatic heterocycles. The smallest absolute Gasteiger partial charge is 0.323 e. The molecule has 0 unspecified atom stereocenters. The van der Waals surface area contributed by atoms with Crippen molar-refractivity contribution in [2.75, 3.05) is 13.2 Å². The lowest BCUT2D eigenvalue weighted by molar-refractivity contribution is -0.186. The van der Waals surface area contributed by atoms with E-state index in [1.165, 1.54) is 12.1 Å². The molecule has 1 saturated carbocycles. The van der Waals surface area contributed by atoms with Crippen LogP contribution < -0.4 is 0 Å². The third-order valence-electron chi connectivity index (χ3n) is 4.06. The van der Waals surface area contributed by atoms with Gasteiger partial charge in [0.05, 0.1) is 24.2 Å². The number of hydrogen-bond donors (Lipinski definition) is 0. The van der Waals surface area contributed by atoms with Crippen molar-refractivity contribution in [1.29, 1.82) is 0 Å². The molecular weight excluding hydrogens is 348 g/mol. The van der Waals surface area contributed by atoms with Gasteiger partial charge in [0.25, 0.3) is 10.1 Å². The predicted molar refractivity (Wildman–Crippen MR) is 88.2 cm³/mol. The monoisotopic (exact) mass is 370 g/mol. The summed E-state index contributed by atoms with van der Waals surface area (Å²) < 4.78 is 39.7. The Morgan fingerprint density at radius 1 is 1.04 bits per heavy atom. The van der Waals surface area contributed by atoms with Gasteiger partial charge in [0, 0.05) is 12.8 Å². The highest BCUT2D eigenvalue weighted by Gasteiger charge is 2.60. The molecule has 1 aliphatic rings. The molecule has 1 aromatic rings. The molecule has 0 saturated heterocycles. The van der Waals surface area contributed by atoms with Crippen LogP contribution in [0.3, 0.4) is 0 Å². The summed E-state index contributed by atoms with van der Waals surface area (Å²) >= 11 is 0. The number of hydrogen-bond acceptors (Lipinski definition) is 7. The minimum absolute atomic E-state index is 0.0304. The normalized spacial score (nSPS) is 16.8. The van der Waals surface area contributed by atoms with Crippen molar-refractivity contribution < 1.29 is 31.7 Å². The summed E-state index contributed by atoms with van der Waals surface area (Å²) in [7, 11) is -3.97. The largest absolute Gasteiger partial charge is 0.465 e. The van der Waals surface area contributed by atoms with Gasteiger partial charge in [-0.2, -0.15) is 8.42 Å². The average molecular weight is 370 g/mol. The Kier molecular flexibility index (Phi) is 5.84. The standard InChI is InChI=1S/C17H22O7S/c1-4-22-15(18)17(16(19)23-5-2)10-13(11-17)24-25(20,21)14-8-6-12(3)7-9-14/h6-9,13H,4-5,10-11H2,1-3H3. The van der Waals surface area contributed by atoms with Gasteiger partial charge in [-0.15, -0.1) is 0 Å². The first-order valence-corrected chi connectivity index (χ1v) is 9.50. The van der Waals surface area contributed by atoms with Crippen molar-refractivity contribution in [3.05, 3.63) is 29.8 Å². The number of esters is 2. The second-order valence-electron chi connectivity index (χ2n) is 5.92. The first-order valence-electron chi connectivity index (χ1n) is 8.09. The predicted octanol–water partition coefficient (Wildman–Crippen LogP) is 1.98. The lowest BCUT2D eigenvalue weighted by Gasteiger charge is -2.41. The fraction of sp³-hybridized carbons (Fsp3) is 0.529. The van der Waals surface area contributed by atoms with Gasteiger partial charge < -0.3 is 9.47 Å². The van der Waals surface area contributed by atoms with E-state index in [4.69, 9.17) is 13.7 Å². The minimum Gasteiger partial charge on any atom is -0.465 e. The molecule has 0 aliphatic heterocycles. The maximum atomic E-state index is 12.3. The lowest BCUT2D eigenvalue weighted by atomic mass is 9.66. The van der Waals surface area contributed by atoms with Crippen LogP contribution in [0.5, 0.6) is 0 Å². The summed E-state index contributed by atoms with van der Waals surface area (Å²) in [6, 6.07) is 6.23. The number of ether oxygens (including phenoxy) is 2. The first kappa shape index (κ1) is 19.4. The molecule has 0 radical (unpaired) electrons. The summed E-state index contributed by atoms with van der Waals surface area (Å²) in [5.74, 6) is -1.41. The van der Waals surface area contributed by atoms with Gasteiger partial charge in [-0.05, 0) is 32.9 Å². The molecule has 8 heteroatoms. The maximum absolute atomic E-state index is 12.3. The molecule has 1 aliphatic carbocycles. The fourth-order valence-corrected chi connectivity index (χ4v) is 3.76. The third kappa shape index (κ3) is 4.01. The van der Waals surface area contributed by atoms with E-state index >= 15 is 0 Å². The highest BCUT2D eigenvalue weighted by atomic mass is 32.2. The molecule has 138 valence electrons. The Hall–Kier alpha value is -1.93. The van der Waals surface area contributed by atoms with Crippen molar-refractivity contribution >= 4 is 22.1 Å². The molecule has 1 fully saturated rings. The molecular formula is C17H22O7S. The van der Waals surface area contributed by atoms with Crippen molar-refractivity contribution in [2.45, 2.75) is 44.6 Å². The van der Waals surface area contributed by atoms with Crippen molar-refractivity contribution in [3.63, 3.8) is 0 Å². The van der Waals surface area contributed by atoms with Crippen molar-refractivity contribution in [1.82, 2.24) is 0 Å². The summed E-state index contributed by atoms with van der Waals surface area (Å²) in [6.07, 6.45) is -0.953. The Balaban J connectivity index is 2.10. The van der Waals surface area contributed by atoms with Gasteiger partial charge in [-0.25, -0.2) is 0 Å². The second-order valence-corrected chi connectivity index (χ2v) is 7.49. The lowest BCUT2D eigenvalue weighted by Crippen LogP contribution is -2.55. The van der Waals surface area contributed by atoms with Gasteiger partial charge in [0.15, 0.2) is 5.41 Å². The Morgan fingerprint density at radius 3 is 1.96 bits per heavy atom. The molecule has 25 heavy (non-hydrogen) atoms. The quantitative estimate of drug-likeness (QED) is 0.411. The molecule has 0 bridgehead atoms. The number of benzene rings is 1. The molecule has 1 aromatic carbocycles. The molecule has 0 spiro atoms. The Labute approximate surface area is 147 Å². The van der Waals surface area contributed by atoms with Crippen LogP contribution in [-0.2, 0) is 33.4 Å². The Bertz CT molecular complexity index is 711. The Morgan fingerprint density at radius 2 is 1.52 bits per heavy atom. The van der Waals surface area contributed by atoms with Crippen LogP contribution >= 0.6 is 0 Å². The number of aryl methyl sites for hydroxylation is 1. The van der Waals surface area contributed by atoms with Gasteiger partial charge >= 0.3 is 11.9 Å². The van der Waals surface area contributed by atoms with Gasteiger partial charge in [-0.1, -0.05) is 17.7 Å². The zero-order valence-electron chi connectivity index (χ0n) is 14.5. The summed E-state index contributed by atoms with van der Waals surface area (Å²) in [4.78, 5) is 24.3. The number of rotatable bonds is 7. The second kappa shape index (κ2) is 7.53. The van der Waals surface area contributed by atoms with Crippen LogP contribution in [0.2, 0.25) is 0 Å². The molecule has 0 N–H and O–H groups in total. The van der Waals surface area contributed by atoms with Crippen LogP contribution in [0, 0.1) is 12.3 Å². The van der Waals surface area contributed by atoms with Crippen LogP contribution in [0.4, 0.5) is 0 Å². The highest BCUT2D eigenvalue weighted by molar-refractivity contribution is 7.86. The van der Waals surface area contributed by atoms with E-state index in [0.29, 0.717) is 0 Å². The van der Waals surface area contributed by atoms with Crippen LogP contribution in [0.15, 0.2) is 29.2 Å². The van der Waals surface area contributed by atoms with E-state index in [9.17, 15) is 18.0 Å². The van der Waals surface area contributed by atoms with E-state index in [1.54, 1.807) is 26.0 Å². The molecule has 0 atom stereocenters. The first-order chi connectivity index (χ1) is 11.7.